The quantitative estimate of drug-likeness (QED) is 0.674. The van der Waals surface area contributed by atoms with Crippen LogP contribution in [0, 0.1) is 11.6 Å². The molecule has 9 nitrogen and oxygen atoms in total. The van der Waals surface area contributed by atoms with Gasteiger partial charge in [-0.3, -0.25) is 14.3 Å². The van der Waals surface area contributed by atoms with Gasteiger partial charge in [-0.1, -0.05) is 0 Å². The zero-order valence-corrected chi connectivity index (χ0v) is 17.2. The number of nitrogens with zero attached hydrogens (tertiary/aromatic N) is 3. The average Bonchev–Trinajstić information content (AvgIpc) is 3.07. The smallest absolute Gasteiger partial charge is 0.271 e. The number of carbonyl (C=O) groups is 2. The van der Waals surface area contributed by atoms with Gasteiger partial charge in [0.05, 0.1) is 11.4 Å². The van der Waals surface area contributed by atoms with Gasteiger partial charge in [-0.05, 0) is 18.2 Å². The molecule has 2 heterocycles. The third kappa shape index (κ3) is 4.33. The SMILES string of the molecule is CNC(=O)c1nn(CCNS(=O)(=O)c2ccc(F)c(F)c2)c2c1CN(C(C)=O)CC2. The molecule has 0 aliphatic carbocycles. The fourth-order valence-corrected chi connectivity index (χ4v) is 4.29. The molecule has 1 aliphatic rings. The highest BCUT2D eigenvalue weighted by Crippen LogP contribution is 2.23. The number of rotatable bonds is 6. The van der Waals surface area contributed by atoms with Crippen molar-refractivity contribution in [2.45, 2.75) is 31.3 Å². The van der Waals surface area contributed by atoms with Gasteiger partial charge in [0.2, 0.25) is 15.9 Å². The van der Waals surface area contributed by atoms with Gasteiger partial charge in [0.1, 0.15) is 0 Å². The van der Waals surface area contributed by atoms with E-state index in [-0.39, 0.29) is 31.2 Å². The van der Waals surface area contributed by atoms with Gasteiger partial charge in [0, 0.05) is 51.3 Å². The van der Waals surface area contributed by atoms with Crippen molar-refractivity contribution in [3.63, 3.8) is 0 Å². The molecule has 0 bridgehead atoms. The van der Waals surface area contributed by atoms with Crippen LogP contribution in [0.15, 0.2) is 23.1 Å². The molecule has 2 N–H and O–H groups in total. The molecule has 2 aromatic rings. The van der Waals surface area contributed by atoms with Crippen LogP contribution in [0.2, 0.25) is 0 Å². The first-order valence-corrected chi connectivity index (χ1v) is 10.6. The average molecular weight is 441 g/mol. The maximum absolute atomic E-state index is 13.3. The lowest BCUT2D eigenvalue weighted by atomic mass is 10.0. The maximum Gasteiger partial charge on any atom is 0.271 e. The number of hydrogen-bond acceptors (Lipinski definition) is 5. The van der Waals surface area contributed by atoms with Crippen molar-refractivity contribution in [2.75, 3.05) is 20.1 Å². The molecular weight excluding hydrogens is 420 g/mol. The van der Waals surface area contributed by atoms with Crippen LogP contribution < -0.4 is 10.0 Å². The van der Waals surface area contributed by atoms with Gasteiger partial charge in [0.15, 0.2) is 17.3 Å². The molecule has 0 spiro atoms. The minimum absolute atomic E-state index is 0.0843. The highest BCUT2D eigenvalue weighted by Gasteiger charge is 2.28. The Hall–Kier alpha value is -2.86. The Morgan fingerprint density at radius 3 is 2.60 bits per heavy atom. The van der Waals surface area contributed by atoms with E-state index in [1.165, 1.54) is 18.7 Å². The number of hydrogen-bond donors (Lipinski definition) is 2. The molecule has 162 valence electrons. The summed E-state index contributed by atoms with van der Waals surface area (Å²) in [6.45, 7) is 2.18. The summed E-state index contributed by atoms with van der Waals surface area (Å²) in [4.78, 5) is 25.1. The first-order chi connectivity index (χ1) is 14.1. The molecule has 30 heavy (non-hydrogen) atoms. The summed E-state index contributed by atoms with van der Waals surface area (Å²) < 4.78 is 54.8. The zero-order valence-electron chi connectivity index (χ0n) is 16.4. The van der Waals surface area contributed by atoms with Crippen LogP contribution in [-0.4, -0.2) is 55.0 Å². The summed E-state index contributed by atoms with van der Waals surface area (Å²) in [5, 5.41) is 6.80. The minimum Gasteiger partial charge on any atom is -0.354 e. The highest BCUT2D eigenvalue weighted by molar-refractivity contribution is 7.89. The van der Waals surface area contributed by atoms with E-state index >= 15 is 0 Å². The van der Waals surface area contributed by atoms with Gasteiger partial charge >= 0.3 is 0 Å². The molecule has 1 aromatic carbocycles. The van der Waals surface area contributed by atoms with Crippen molar-refractivity contribution >= 4 is 21.8 Å². The number of carbonyl (C=O) groups excluding carboxylic acids is 2. The van der Waals surface area contributed by atoms with E-state index in [1.807, 2.05) is 0 Å². The normalized spacial score (nSPS) is 13.8. The number of nitrogens with one attached hydrogen (secondary N) is 2. The van der Waals surface area contributed by atoms with Gasteiger partial charge in [-0.2, -0.15) is 5.10 Å². The van der Waals surface area contributed by atoms with Crippen molar-refractivity contribution in [3.05, 3.63) is 46.8 Å². The lowest BCUT2D eigenvalue weighted by molar-refractivity contribution is -0.129. The summed E-state index contributed by atoms with van der Waals surface area (Å²) in [6.07, 6.45) is 0.467. The van der Waals surface area contributed by atoms with Gasteiger partial charge < -0.3 is 10.2 Å². The van der Waals surface area contributed by atoms with E-state index in [1.54, 1.807) is 4.90 Å². The Balaban J connectivity index is 1.78. The Bertz CT molecular complexity index is 1100. The Labute approximate surface area is 172 Å². The van der Waals surface area contributed by atoms with Crippen LogP contribution in [0.1, 0.15) is 28.7 Å². The fraction of sp³-hybridized carbons (Fsp3) is 0.389. The Morgan fingerprint density at radius 1 is 1.23 bits per heavy atom. The summed E-state index contributed by atoms with van der Waals surface area (Å²) in [7, 11) is -2.59. The second kappa shape index (κ2) is 8.48. The van der Waals surface area contributed by atoms with E-state index in [4.69, 9.17) is 0 Å². The Morgan fingerprint density at radius 2 is 1.97 bits per heavy atom. The molecule has 0 radical (unpaired) electrons. The molecule has 0 atom stereocenters. The molecule has 0 saturated heterocycles. The molecule has 0 fully saturated rings. The minimum atomic E-state index is -4.06. The first-order valence-electron chi connectivity index (χ1n) is 9.15. The number of halogens is 2. The predicted molar refractivity (Wildman–Crippen MR) is 102 cm³/mol. The summed E-state index contributed by atoms with van der Waals surface area (Å²) in [6, 6.07) is 2.31. The van der Waals surface area contributed by atoms with E-state index in [0.29, 0.717) is 24.6 Å². The van der Waals surface area contributed by atoms with E-state index < -0.39 is 32.5 Å². The largest absolute Gasteiger partial charge is 0.354 e. The lowest BCUT2D eigenvalue weighted by Crippen LogP contribution is -2.36. The fourth-order valence-electron chi connectivity index (χ4n) is 3.26. The van der Waals surface area contributed by atoms with Crippen molar-refractivity contribution < 1.29 is 26.8 Å². The van der Waals surface area contributed by atoms with Gasteiger partial charge in [0.25, 0.3) is 5.91 Å². The second-order valence-corrected chi connectivity index (χ2v) is 8.51. The van der Waals surface area contributed by atoms with Crippen LogP contribution >= 0.6 is 0 Å². The maximum atomic E-state index is 13.3. The van der Waals surface area contributed by atoms with E-state index in [2.05, 4.69) is 15.1 Å². The predicted octanol–water partition coefficient (Wildman–Crippen LogP) is 0.404. The molecule has 12 heteroatoms. The third-order valence-electron chi connectivity index (χ3n) is 4.84. The third-order valence-corrected chi connectivity index (χ3v) is 6.30. The number of fused-ring (bicyclic) bond motifs is 1. The molecule has 3 rings (SSSR count). The molecule has 2 amide bonds. The number of sulfonamides is 1. The van der Waals surface area contributed by atoms with Crippen LogP contribution in [0.3, 0.4) is 0 Å². The Kier molecular flexibility index (Phi) is 6.17. The van der Waals surface area contributed by atoms with E-state index in [9.17, 15) is 26.8 Å². The topological polar surface area (TPSA) is 113 Å². The second-order valence-electron chi connectivity index (χ2n) is 6.74. The molecular formula is C18H21F2N5O4S. The van der Waals surface area contributed by atoms with Crippen LogP contribution in [0.5, 0.6) is 0 Å². The number of benzene rings is 1. The molecule has 1 aromatic heterocycles. The van der Waals surface area contributed by atoms with Crippen LogP contribution in [0.25, 0.3) is 0 Å². The molecule has 0 saturated carbocycles. The van der Waals surface area contributed by atoms with Crippen molar-refractivity contribution in [1.29, 1.82) is 0 Å². The monoisotopic (exact) mass is 441 g/mol. The highest BCUT2D eigenvalue weighted by atomic mass is 32.2. The summed E-state index contributed by atoms with van der Waals surface area (Å²) in [5.74, 6) is -2.92. The zero-order chi connectivity index (χ0) is 22.1. The summed E-state index contributed by atoms with van der Waals surface area (Å²) >= 11 is 0. The standard InChI is InChI=1S/C18H21F2N5O4S/c1-11(26)24-7-5-16-13(10-24)17(18(27)21-2)23-25(16)8-6-22-30(28,29)12-3-4-14(19)15(20)9-12/h3-4,9,22H,5-8,10H2,1-2H3,(H,21,27). The van der Waals surface area contributed by atoms with E-state index in [0.717, 1.165) is 17.8 Å². The molecule has 0 unspecified atom stereocenters. The van der Waals surface area contributed by atoms with Crippen molar-refractivity contribution in [1.82, 2.24) is 24.7 Å². The van der Waals surface area contributed by atoms with Crippen molar-refractivity contribution in [3.8, 4) is 0 Å². The molecule has 1 aliphatic heterocycles. The number of aromatic nitrogens is 2. The summed E-state index contributed by atoms with van der Waals surface area (Å²) in [5.41, 5.74) is 1.55. The van der Waals surface area contributed by atoms with Gasteiger partial charge in [-0.25, -0.2) is 21.9 Å². The lowest BCUT2D eigenvalue weighted by Gasteiger charge is -2.26. The first kappa shape index (κ1) is 21.8. The van der Waals surface area contributed by atoms with Crippen LogP contribution in [-0.2, 0) is 34.3 Å². The number of amides is 2. The van der Waals surface area contributed by atoms with Crippen LogP contribution in [0.4, 0.5) is 8.78 Å². The van der Waals surface area contributed by atoms with Gasteiger partial charge in [-0.15, -0.1) is 0 Å². The van der Waals surface area contributed by atoms with Crippen molar-refractivity contribution in [2.24, 2.45) is 0 Å².